The molecule has 1 aromatic carbocycles. The Kier molecular flexibility index (Phi) is 9.17. The summed E-state index contributed by atoms with van der Waals surface area (Å²) in [4.78, 5) is 54.8. The van der Waals surface area contributed by atoms with Crippen LogP contribution in [0, 0.1) is 5.82 Å². The Labute approximate surface area is 230 Å². The Hall–Kier alpha value is -4.23. The molecule has 1 atom stereocenters. The van der Waals surface area contributed by atoms with Gasteiger partial charge in [0.05, 0.1) is 12.2 Å². The molecule has 3 N–H and O–H groups in total. The summed E-state index contributed by atoms with van der Waals surface area (Å²) in [5.74, 6) is -1.83. The maximum absolute atomic E-state index is 14.2. The van der Waals surface area contributed by atoms with Crippen LogP contribution in [0.15, 0.2) is 30.5 Å². The second-order valence-electron chi connectivity index (χ2n) is 9.74. The number of ketones is 2. The Bertz CT molecular complexity index is 1430. The minimum absolute atomic E-state index is 0.0334. The van der Waals surface area contributed by atoms with E-state index in [1.165, 1.54) is 33.0 Å². The summed E-state index contributed by atoms with van der Waals surface area (Å²) < 4.78 is 20.5. The van der Waals surface area contributed by atoms with Gasteiger partial charge in [-0.1, -0.05) is 6.07 Å². The first-order valence-electron chi connectivity index (χ1n) is 12.9. The minimum Gasteiger partial charge on any atom is -0.486 e. The standard InChI is InChI=1S/C22H20FN5O5.C5H12N2/c1-11(12(2)29)26-22(32)18-7-17(27-20-16(23)9-25-28(18)20)21(31)24-8-13-3-4-19-14(5-13)6-15(30)10-33-19;1-7-4-2-6-3-5-7/h3-5,7,9,11H,6,8,10H2,1-2H3,(H,24,31)(H,26,32);6H,2-5H2,1H3/t11-;/m0./s1. The maximum Gasteiger partial charge on any atom is 0.270 e. The maximum atomic E-state index is 14.2. The zero-order valence-electron chi connectivity index (χ0n) is 22.6. The van der Waals surface area contributed by atoms with Gasteiger partial charge in [-0.2, -0.15) is 5.10 Å². The Morgan fingerprint density at radius 3 is 2.60 bits per heavy atom. The number of amides is 2. The third-order valence-corrected chi connectivity index (χ3v) is 6.55. The number of piperazine rings is 1. The van der Waals surface area contributed by atoms with Gasteiger partial charge in [0.25, 0.3) is 11.8 Å². The summed E-state index contributed by atoms with van der Waals surface area (Å²) in [5.41, 5.74) is 0.820. The lowest BCUT2D eigenvalue weighted by molar-refractivity contribution is -0.121. The SMILES string of the molecule is CC(=O)[C@H](C)NC(=O)c1cc(C(=O)NCc2ccc3c(c2)CC(=O)CO3)nc2c(F)cnn12.CN1CCNCC1. The highest BCUT2D eigenvalue weighted by atomic mass is 19.1. The van der Waals surface area contributed by atoms with Crippen molar-refractivity contribution in [2.24, 2.45) is 0 Å². The van der Waals surface area contributed by atoms with Gasteiger partial charge in [0.1, 0.15) is 23.7 Å². The van der Waals surface area contributed by atoms with Gasteiger partial charge in [0.15, 0.2) is 23.0 Å². The van der Waals surface area contributed by atoms with Gasteiger partial charge in [-0.05, 0) is 38.6 Å². The summed E-state index contributed by atoms with van der Waals surface area (Å²) in [7, 11) is 2.15. The van der Waals surface area contributed by atoms with Gasteiger partial charge in [0.2, 0.25) is 0 Å². The summed E-state index contributed by atoms with van der Waals surface area (Å²) in [6.07, 6.45) is 1.14. The monoisotopic (exact) mass is 553 g/mol. The quantitative estimate of drug-likeness (QED) is 0.398. The van der Waals surface area contributed by atoms with Crippen LogP contribution in [0.5, 0.6) is 5.75 Å². The number of benzene rings is 1. The van der Waals surface area contributed by atoms with Crippen LogP contribution < -0.4 is 20.7 Å². The van der Waals surface area contributed by atoms with Gasteiger partial charge >= 0.3 is 0 Å². The van der Waals surface area contributed by atoms with Gasteiger partial charge in [-0.3, -0.25) is 19.2 Å². The smallest absolute Gasteiger partial charge is 0.270 e. The van der Waals surface area contributed by atoms with Crippen LogP contribution in [0.2, 0.25) is 0 Å². The first-order valence-corrected chi connectivity index (χ1v) is 12.9. The van der Waals surface area contributed by atoms with Crippen molar-refractivity contribution in [3.8, 4) is 5.75 Å². The first-order chi connectivity index (χ1) is 19.1. The number of hydrogen-bond donors (Lipinski definition) is 3. The van der Waals surface area contributed by atoms with Crippen molar-refractivity contribution in [1.29, 1.82) is 0 Å². The van der Waals surface area contributed by atoms with E-state index in [-0.39, 0.29) is 48.2 Å². The number of rotatable bonds is 6. The molecule has 0 radical (unpaired) electrons. The van der Waals surface area contributed by atoms with Crippen molar-refractivity contribution in [3.05, 3.63) is 58.8 Å². The molecule has 2 aliphatic heterocycles. The highest BCUT2D eigenvalue weighted by molar-refractivity contribution is 5.99. The molecule has 0 bridgehead atoms. The number of likely N-dealkylation sites (N-methyl/N-ethyl adjacent to an activating group) is 1. The largest absolute Gasteiger partial charge is 0.486 e. The number of hydrogen-bond acceptors (Lipinski definition) is 9. The van der Waals surface area contributed by atoms with Crippen LogP contribution in [0.25, 0.3) is 5.65 Å². The number of nitrogens with one attached hydrogen (secondary N) is 3. The van der Waals surface area contributed by atoms with E-state index in [4.69, 9.17) is 4.74 Å². The molecule has 0 unspecified atom stereocenters. The average Bonchev–Trinajstić information content (AvgIpc) is 3.32. The summed E-state index contributed by atoms with van der Waals surface area (Å²) >= 11 is 0. The van der Waals surface area contributed by atoms with Gasteiger partial charge in [0, 0.05) is 50.8 Å². The van der Waals surface area contributed by atoms with Crippen LogP contribution >= 0.6 is 0 Å². The fraction of sp³-hybridized carbons (Fsp3) is 0.407. The predicted molar refractivity (Wildman–Crippen MR) is 143 cm³/mol. The molecular formula is C27H32FN7O5. The molecule has 12 nitrogen and oxygen atoms in total. The fourth-order valence-corrected chi connectivity index (χ4v) is 4.08. The number of nitrogens with zero attached hydrogens (tertiary/aromatic N) is 4. The minimum atomic E-state index is -0.808. The number of Topliss-reactive ketones (excluding diaryl/α,β-unsaturated/α-hetero) is 2. The van der Waals surface area contributed by atoms with Crippen LogP contribution in [0.4, 0.5) is 4.39 Å². The zero-order valence-corrected chi connectivity index (χ0v) is 22.6. The average molecular weight is 554 g/mol. The lowest BCUT2D eigenvalue weighted by atomic mass is 10.0. The summed E-state index contributed by atoms with van der Waals surface area (Å²) in [6.45, 7) is 7.73. The number of fused-ring (bicyclic) bond motifs is 2. The van der Waals surface area contributed by atoms with E-state index in [1.807, 2.05) is 0 Å². The Morgan fingerprint density at radius 1 is 1.18 bits per heavy atom. The lowest BCUT2D eigenvalue weighted by Crippen LogP contribution is -2.40. The molecule has 2 aliphatic rings. The number of carbonyl (C=O) groups is 4. The van der Waals surface area contributed by atoms with E-state index in [1.54, 1.807) is 18.2 Å². The summed E-state index contributed by atoms with van der Waals surface area (Å²) in [6, 6.07) is 5.65. The second-order valence-corrected chi connectivity index (χ2v) is 9.74. The molecule has 2 amide bonds. The zero-order chi connectivity index (χ0) is 28.8. The van der Waals surface area contributed by atoms with E-state index < -0.39 is 23.7 Å². The molecule has 2 aromatic heterocycles. The van der Waals surface area contributed by atoms with Crippen molar-refractivity contribution in [3.63, 3.8) is 0 Å². The number of carbonyl (C=O) groups excluding carboxylic acids is 4. The molecule has 5 rings (SSSR count). The Balaban J connectivity index is 0.000000461. The molecule has 0 spiro atoms. The van der Waals surface area contributed by atoms with Gasteiger partial charge < -0.3 is 25.6 Å². The second kappa shape index (κ2) is 12.7. The van der Waals surface area contributed by atoms with Crippen LogP contribution in [0.3, 0.4) is 0 Å². The number of aromatic nitrogens is 3. The third kappa shape index (κ3) is 7.04. The van der Waals surface area contributed by atoms with Crippen LogP contribution in [0.1, 0.15) is 46.0 Å². The van der Waals surface area contributed by atoms with Crippen molar-refractivity contribution < 1.29 is 28.3 Å². The van der Waals surface area contributed by atoms with Gasteiger partial charge in [-0.25, -0.2) is 13.9 Å². The van der Waals surface area contributed by atoms with E-state index in [9.17, 15) is 23.6 Å². The van der Waals surface area contributed by atoms with Crippen LogP contribution in [-0.4, -0.2) is 88.8 Å². The van der Waals surface area contributed by atoms with Crippen molar-refractivity contribution >= 4 is 29.0 Å². The highest BCUT2D eigenvalue weighted by Crippen LogP contribution is 2.24. The van der Waals surface area contributed by atoms with E-state index in [2.05, 4.69) is 38.0 Å². The molecule has 0 saturated carbocycles. The molecule has 1 fully saturated rings. The number of ether oxygens (including phenoxy) is 1. The Morgan fingerprint density at radius 2 is 1.93 bits per heavy atom. The molecule has 0 aliphatic carbocycles. The molecule has 212 valence electrons. The third-order valence-electron chi connectivity index (χ3n) is 6.55. The molecule has 4 heterocycles. The fourth-order valence-electron chi connectivity index (χ4n) is 4.08. The van der Waals surface area contributed by atoms with E-state index in [0.717, 1.165) is 34.9 Å². The summed E-state index contributed by atoms with van der Waals surface area (Å²) in [5, 5.41) is 12.2. The predicted octanol–water partition coefficient (Wildman–Crippen LogP) is 0.531. The topological polar surface area (TPSA) is 147 Å². The molecule has 13 heteroatoms. The molecule has 1 saturated heterocycles. The van der Waals surface area contributed by atoms with E-state index >= 15 is 0 Å². The molecular weight excluding hydrogens is 521 g/mol. The van der Waals surface area contributed by atoms with Crippen molar-refractivity contribution in [1.82, 2.24) is 35.4 Å². The van der Waals surface area contributed by atoms with Crippen molar-refractivity contribution in [2.75, 3.05) is 39.8 Å². The number of halogens is 1. The lowest BCUT2D eigenvalue weighted by Gasteiger charge is -2.21. The molecule has 3 aromatic rings. The first kappa shape index (κ1) is 28.8. The normalized spacial score (nSPS) is 15.8. The van der Waals surface area contributed by atoms with Gasteiger partial charge in [-0.15, -0.1) is 0 Å². The highest BCUT2D eigenvalue weighted by Gasteiger charge is 2.22. The van der Waals surface area contributed by atoms with E-state index in [0.29, 0.717) is 5.75 Å². The molecule has 40 heavy (non-hydrogen) atoms. The van der Waals surface area contributed by atoms with Crippen molar-refractivity contribution in [2.45, 2.75) is 32.9 Å². The van der Waals surface area contributed by atoms with Crippen LogP contribution in [-0.2, 0) is 22.6 Å².